The van der Waals surface area contributed by atoms with Crippen molar-refractivity contribution in [1.29, 1.82) is 0 Å². The summed E-state index contributed by atoms with van der Waals surface area (Å²) in [6, 6.07) is 2.72. The minimum absolute atomic E-state index is 0.0129. The number of carbonyl (C=O) groups is 3. The van der Waals surface area contributed by atoms with E-state index in [4.69, 9.17) is 5.11 Å². The predicted molar refractivity (Wildman–Crippen MR) is 119 cm³/mol. The molecule has 3 aromatic rings. The van der Waals surface area contributed by atoms with Gasteiger partial charge in [-0.2, -0.15) is 0 Å². The lowest BCUT2D eigenvalue weighted by molar-refractivity contribution is -0.136. The molecule has 166 valence electrons. The standard InChI is InChI=1S/C20H20N6O4S2/c27-14(28)10-13-17(31-19-22-8-9-23-19)32-20(24-13)26-18(30)25-16-12(6-3-7-21-16)15(29)11-4-1-2-5-11/h3,6-9,11H,1-2,4-5,10H2,(H,22,23)(H,27,28)(H2,21,24,25,26,30). The Kier molecular flexibility index (Phi) is 6.81. The molecular formula is C20H20N6O4S2. The van der Waals surface area contributed by atoms with Crippen LogP contribution in [0, 0.1) is 5.92 Å². The zero-order valence-electron chi connectivity index (χ0n) is 16.8. The molecular weight excluding hydrogens is 452 g/mol. The van der Waals surface area contributed by atoms with E-state index < -0.39 is 12.0 Å². The van der Waals surface area contributed by atoms with Crippen LogP contribution in [0.3, 0.4) is 0 Å². The van der Waals surface area contributed by atoms with Gasteiger partial charge in [0.25, 0.3) is 0 Å². The number of H-pyrrole nitrogens is 1. The van der Waals surface area contributed by atoms with Crippen LogP contribution in [0.5, 0.6) is 0 Å². The predicted octanol–water partition coefficient (Wildman–Crippen LogP) is 4.06. The fraction of sp³-hybridized carbons (Fsp3) is 0.300. The highest BCUT2D eigenvalue weighted by atomic mass is 32.2. The Balaban J connectivity index is 1.48. The monoisotopic (exact) mass is 472 g/mol. The average molecular weight is 473 g/mol. The highest BCUT2D eigenvalue weighted by Crippen LogP contribution is 2.36. The number of aromatic amines is 1. The van der Waals surface area contributed by atoms with Gasteiger partial charge in [0.1, 0.15) is 5.82 Å². The lowest BCUT2D eigenvalue weighted by atomic mass is 9.97. The maximum absolute atomic E-state index is 12.8. The van der Waals surface area contributed by atoms with Gasteiger partial charge in [-0.1, -0.05) is 24.2 Å². The number of aromatic nitrogens is 4. The molecule has 4 rings (SSSR count). The van der Waals surface area contributed by atoms with Gasteiger partial charge in [0, 0.05) is 24.5 Å². The Morgan fingerprint density at radius 1 is 1.19 bits per heavy atom. The Labute approximate surface area is 191 Å². The van der Waals surface area contributed by atoms with Gasteiger partial charge in [0.15, 0.2) is 16.1 Å². The first-order chi connectivity index (χ1) is 15.5. The number of aliphatic carboxylic acids is 1. The third-order valence-electron chi connectivity index (χ3n) is 4.89. The Hall–Kier alpha value is -3.25. The first kappa shape index (κ1) is 22.0. The molecule has 3 heterocycles. The van der Waals surface area contributed by atoms with E-state index in [1.807, 2.05) is 0 Å². The average Bonchev–Trinajstić information content (AvgIpc) is 3.51. The number of carboxylic acid groups (broad SMARTS) is 1. The lowest BCUT2D eigenvalue weighted by Crippen LogP contribution is -2.23. The highest BCUT2D eigenvalue weighted by Gasteiger charge is 2.26. The minimum atomic E-state index is -1.03. The number of urea groups is 1. The molecule has 3 aromatic heterocycles. The van der Waals surface area contributed by atoms with Gasteiger partial charge >= 0.3 is 12.0 Å². The summed E-state index contributed by atoms with van der Waals surface area (Å²) in [5.41, 5.74) is 0.712. The summed E-state index contributed by atoms with van der Waals surface area (Å²) in [6.07, 6.45) is 8.22. The minimum Gasteiger partial charge on any atom is -0.481 e. The molecule has 1 aliphatic carbocycles. The molecule has 0 radical (unpaired) electrons. The zero-order chi connectivity index (χ0) is 22.5. The Morgan fingerprint density at radius 2 is 2.00 bits per heavy atom. The number of nitrogens with one attached hydrogen (secondary N) is 3. The number of hydrogen-bond acceptors (Lipinski definition) is 8. The molecule has 2 amide bonds. The third kappa shape index (κ3) is 5.32. The first-order valence-electron chi connectivity index (χ1n) is 9.95. The largest absolute Gasteiger partial charge is 0.481 e. The van der Waals surface area contributed by atoms with Crippen molar-refractivity contribution in [3.63, 3.8) is 0 Å². The smallest absolute Gasteiger partial charge is 0.326 e. The van der Waals surface area contributed by atoms with E-state index in [0.29, 0.717) is 20.6 Å². The second-order valence-corrected chi connectivity index (χ2v) is 9.40. The fourth-order valence-corrected chi connectivity index (χ4v) is 5.47. The molecule has 0 saturated heterocycles. The van der Waals surface area contributed by atoms with Crippen LogP contribution in [-0.4, -0.2) is 42.8 Å². The van der Waals surface area contributed by atoms with E-state index in [1.54, 1.807) is 24.5 Å². The second kappa shape index (κ2) is 9.92. The Bertz CT molecular complexity index is 1130. The SMILES string of the molecule is O=C(O)Cc1nc(NC(=O)Nc2ncccc2C(=O)C2CCCC2)sc1Sc1ncc[nH]1. The molecule has 12 heteroatoms. The van der Waals surface area contributed by atoms with E-state index in [1.165, 1.54) is 18.0 Å². The molecule has 0 bridgehead atoms. The summed E-state index contributed by atoms with van der Waals surface area (Å²) in [5, 5.41) is 15.2. The van der Waals surface area contributed by atoms with Crippen LogP contribution in [0.1, 0.15) is 41.7 Å². The summed E-state index contributed by atoms with van der Waals surface area (Å²) in [7, 11) is 0. The number of amides is 2. The molecule has 0 spiro atoms. The van der Waals surface area contributed by atoms with Gasteiger partial charge in [-0.3, -0.25) is 20.2 Å². The number of nitrogens with zero attached hydrogens (tertiary/aromatic N) is 3. The molecule has 0 atom stereocenters. The van der Waals surface area contributed by atoms with Crippen molar-refractivity contribution in [2.75, 3.05) is 10.6 Å². The van der Waals surface area contributed by atoms with E-state index in [9.17, 15) is 14.4 Å². The second-order valence-electron chi connectivity index (χ2n) is 7.14. The molecule has 1 fully saturated rings. The number of imidazole rings is 1. The summed E-state index contributed by atoms with van der Waals surface area (Å²) in [4.78, 5) is 52.1. The van der Waals surface area contributed by atoms with Crippen molar-refractivity contribution >= 4 is 51.8 Å². The van der Waals surface area contributed by atoms with Crippen LogP contribution >= 0.6 is 23.1 Å². The topological polar surface area (TPSA) is 150 Å². The number of rotatable bonds is 8. The van der Waals surface area contributed by atoms with Gasteiger partial charge in [-0.25, -0.2) is 19.7 Å². The molecule has 0 aromatic carbocycles. The van der Waals surface area contributed by atoms with Gasteiger partial charge in [0.05, 0.1) is 21.9 Å². The molecule has 0 aliphatic heterocycles. The number of carbonyl (C=O) groups excluding carboxylic acids is 2. The van der Waals surface area contributed by atoms with E-state index in [-0.39, 0.29) is 29.1 Å². The molecule has 10 nitrogen and oxygen atoms in total. The number of carboxylic acids is 1. The van der Waals surface area contributed by atoms with Crippen molar-refractivity contribution in [3.8, 4) is 0 Å². The summed E-state index contributed by atoms with van der Waals surface area (Å²) >= 11 is 2.37. The van der Waals surface area contributed by atoms with Crippen LogP contribution in [0.25, 0.3) is 0 Å². The quantitative estimate of drug-likeness (QED) is 0.359. The Morgan fingerprint density at radius 3 is 2.72 bits per heavy atom. The van der Waals surface area contributed by atoms with Crippen LogP contribution in [0.2, 0.25) is 0 Å². The van der Waals surface area contributed by atoms with Crippen molar-refractivity contribution in [2.45, 2.75) is 41.5 Å². The van der Waals surface area contributed by atoms with Crippen LogP contribution in [0.4, 0.5) is 15.7 Å². The van der Waals surface area contributed by atoms with Crippen molar-refractivity contribution in [1.82, 2.24) is 19.9 Å². The highest BCUT2D eigenvalue weighted by molar-refractivity contribution is 8.01. The summed E-state index contributed by atoms with van der Waals surface area (Å²) < 4.78 is 0.604. The lowest BCUT2D eigenvalue weighted by Gasteiger charge is -2.12. The number of anilines is 2. The third-order valence-corrected chi connectivity index (χ3v) is 7.04. The maximum atomic E-state index is 12.8. The van der Waals surface area contributed by atoms with Gasteiger partial charge in [0.2, 0.25) is 0 Å². The normalized spacial score (nSPS) is 13.8. The number of Topliss-reactive ketones (excluding diaryl/α,β-unsaturated/α-hetero) is 1. The molecule has 1 aliphatic rings. The van der Waals surface area contributed by atoms with Gasteiger partial charge < -0.3 is 10.1 Å². The molecule has 1 saturated carbocycles. The first-order valence-corrected chi connectivity index (χ1v) is 11.6. The molecule has 4 N–H and O–H groups in total. The number of ketones is 1. The summed E-state index contributed by atoms with van der Waals surface area (Å²) in [6.45, 7) is 0. The van der Waals surface area contributed by atoms with E-state index in [2.05, 4.69) is 30.6 Å². The summed E-state index contributed by atoms with van der Waals surface area (Å²) in [5.74, 6) is -0.895. The van der Waals surface area contributed by atoms with Crippen molar-refractivity contribution in [3.05, 3.63) is 42.0 Å². The van der Waals surface area contributed by atoms with Crippen LogP contribution in [-0.2, 0) is 11.2 Å². The van der Waals surface area contributed by atoms with Crippen LogP contribution < -0.4 is 10.6 Å². The molecule has 32 heavy (non-hydrogen) atoms. The van der Waals surface area contributed by atoms with Crippen molar-refractivity contribution in [2.24, 2.45) is 5.92 Å². The zero-order valence-corrected chi connectivity index (χ0v) is 18.5. The van der Waals surface area contributed by atoms with Gasteiger partial charge in [-0.15, -0.1) is 0 Å². The molecule has 0 unspecified atom stereocenters. The maximum Gasteiger partial charge on any atom is 0.326 e. The number of pyridine rings is 1. The number of hydrogen-bond donors (Lipinski definition) is 4. The van der Waals surface area contributed by atoms with Gasteiger partial charge in [-0.05, 0) is 36.7 Å². The van der Waals surface area contributed by atoms with Crippen LogP contribution in [0.15, 0.2) is 40.1 Å². The fourth-order valence-electron chi connectivity index (χ4n) is 3.47. The van der Waals surface area contributed by atoms with E-state index in [0.717, 1.165) is 37.0 Å². The number of thiazole rings is 1. The van der Waals surface area contributed by atoms with E-state index >= 15 is 0 Å². The van der Waals surface area contributed by atoms with Crippen molar-refractivity contribution < 1.29 is 19.5 Å².